The fourth-order valence-electron chi connectivity index (χ4n) is 1.90. The maximum atomic E-state index is 11.9. The van der Waals surface area contributed by atoms with Crippen LogP contribution in [0.25, 0.3) is 0 Å². The third kappa shape index (κ3) is 3.40. The molecule has 0 aliphatic heterocycles. The number of carbonyl (C=O) groups excluding carboxylic acids is 1. The standard InChI is InChI=1S/C14H18N4O/c1-11-5-3-4-6-13(11)7-8-16-14(19)12(2)18-10-15-9-17-18/h3-6,9-10,12H,7-8H2,1-2H3,(H,16,19). The number of nitrogens with zero attached hydrogens (tertiary/aromatic N) is 3. The maximum Gasteiger partial charge on any atom is 0.244 e. The third-order valence-electron chi connectivity index (χ3n) is 3.17. The quantitative estimate of drug-likeness (QED) is 0.884. The lowest BCUT2D eigenvalue weighted by atomic mass is 10.1. The van der Waals surface area contributed by atoms with Gasteiger partial charge in [0.05, 0.1) is 0 Å². The summed E-state index contributed by atoms with van der Waals surface area (Å²) in [5, 5.41) is 6.88. The Hall–Kier alpha value is -2.17. The van der Waals surface area contributed by atoms with Crippen LogP contribution in [0.4, 0.5) is 0 Å². The van der Waals surface area contributed by atoms with Gasteiger partial charge in [-0.3, -0.25) is 4.79 Å². The summed E-state index contributed by atoms with van der Waals surface area (Å²) in [6.07, 6.45) is 3.81. The molecule has 100 valence electrons. The molecular formula is C14H18N4O. The van der Waals surface area contributed by atoms with Gasteiger partial charge >= 0.3 is 0 Å². The first-order chi connectivity index (χ1) is 9.18. The lowest BCUT2D eigenvalue weighted by Gasteiger charge is -2.12. The lowest BCUT2D eigenvalue weighted by Crippen LogP contribution is -2.32. The van der Waals surface area contributed by atoms with Gasteiger partial charge < -0.3 is 5.32 Å². The van der Waals surface area contributed by atoms with Gasteiger partial charge in [-0.15, -0.1) is 0 Å². The molecule has 1 heterocycles. The van der Waals surface area contributed by atoms with Crippen molar-refractivity contribution in [2.24, 2.45) is 0 Å². The van der Waals surface area contributed by atoms with Crippen molar-refractivity contribution in [3.8, 4) is 0 Å². The molecule has 1 aromatic heterocycles. The van der Waals surface area contributed by atoms with Crippen molar-refractivity contribution < 1.29 is 4.79 Å². The molecular weight excluding hydrogens is 240 g/mol. The highest BCUT2D eigenvalue weighted by Gasteiger charge is 2.14. The molecule has 2 rings (SSSR count). The van der Waals surface area contributed by atoms with Gasteiger partial charge in [0.1, 0.15) is 18.7 Å². The average Bonchev–Trinajstić information content (AvgIpc) is 2.94. The number of carbonyl (C=O) groups is 1. The molecule has 1 aromatic carbocycles. The van der Waals surface area contributed by atoms with Crippen LogP contribution < -0.4 is 5.32 Å². The number of aryl methyl sites for hydroxylation is 1. The maximum absolute atomic E-state index is 11.9. The third-order valence-corrected chi connectivity index (χ3v) is 3.17. The molecule has 0 radical (unpaired) electrons. The van der Waals surface area contributed by atoms with Crippen LogP contribution in [0, 0.1) is 6.92 Å². The second kappa shape index (κ2) is 6.13. The molecule has 0 saturated carbocycles. The minimum absolute atomic E-state index is 0.0425. The van der Waals surface area contributed by atoms with Gasteiger partial charge in [0.15, 0.2) is 0 Å². The number of aromatic nitrogens is 3. The van der Waals surface area contributed by atoms with Gasteiger partial charge in [-0.2, -0.15) is 5.10 Å². The zero-order valence-corrected chi connectivity index (χ0v) is 11.2. The SMILES string of the molecule is Cc1ccccc1CCNC(=O)C(C)n1cncn1. The summed E-state index contributed by atoms with van der Waals surface area (Å²) in [4.78, 5) is 15.8. The van der Waals surface area contributed by atoms with Gasteiger partial charge in [-0.05, 0) is 31.4 Å². The monoisotopic (exact) mass is 258 g/mol. The summed E-state index contributed by atoms with van der Waals surface area (Å²) in [6.45, 7) is 4.51. The smallest absolute Gasteiger partial charge is 0.244 e. The van der Waals surface area contributed by atoms with E-state index in [-0.39, 0.29) is 11.9 Å². The zero-order chi connectivity index (χ0) is 13.7. The van der Waals surface area contributed by atoms with E-state index in [9.17, 15) is 4.79 Å². The van der Waals surface area contributed by atoms with E-state index in [1.54, 1.807) is 17.9 Å². The van der Waals surface area contributed by atoms with Crippen molar-refractivity contribution in [3.63, 3.8) is 0 Å². The molecule has 0 spiro atoms. The van der Waals surface area contributed by atoms with Crippen LogP contribution in [0.2, 0.25) is 0 Å². The van der Waals surface area contributed by atoms with E-state index in [0.717, 1.165) is 6.42 Å². The van der Waals surface area contributed by atoms with Gasteiger partial charge in [-0.25, -0.2) is 9.67 Å². The Morgan fingerprint density at radius 1 is 1.42 bits per heavy atom. The van der Waals surface area contributed by atoms with E-state index < -0.39 is 0 Å². The highest BCUT2D eigenvalue weighted by Crippen LogP contribution is 2.07. The van der Waals surface area contributed by atoms with Crippen LogP contribution in [0.5, 0.6) is 0 Å². The Kier molecular flexibility index (Phi) is 4.28. The molecule has 19 heavy (non-hydrogen) atoms. The molecule has 1 unspecified atom stereocenters. The van der Waals surface area contributed by atoms with Crippen LogP contribution in [-0.4, -0.2) is 27.2 Å². The fraction of sp³-hybridized carbons (Fsp3) is 0.357. The number of benzene rings is 1. The molecule has 0 aliphatic rings. The molecule has 1 amide bonds. The minimum atomic E-state index is -0.334. The van der Waals surface area contributed by atoms with Gasteiger partial charge in [0, 0.05) is 6.54 Å². The number of hydrogen-bond acceptors (Lipinski definition) is 3. The molecule has 1 N–H and O–H groups in total. The second-order valence-corrected chi connectivity index (χ2v) is 4.52. The Bertz CT molecular complexity index is 536. The predicted molar refractivity (Wildman–Crippen MR) is 72.6 cm³/mol. The average molecular weight is 258 g/mol. The fourth-order valence-corrected chi connectivity index (χ4v) is 1.90. The first-order valence-corrected chi connectivity index (χ1v) is 6.35. The number of hydrogen-bond donors (Lipinski definition) is 1. The molecule has 0 aliphatic carbocycles. The summed E-state index contributed by atoms with van der Waals surface area (Å²) < 4.78 is 1.54. The van der Waals surface area contributed by atoms with Gasteiger partial charge in [-0.1, -0.05) is 24.3 Å². The summed E-state index contributed by atoms with van der Waals surface area (Å²) in [6, 6.07) is 7.86. The van der Waals surface area contributed by atoms with E-state index in [2.05, 4.69) is 34.5 Å². The summed E-state index contributed by atoms with van der Waals surface area (Å²) in [5.41, 5.74) is 2.51. The highest BCUT2D eigenvalue weighted by molar-refractivity contribution is 5.79. The van der Waals surface area contributed by atoms with Crippen molar-refractivity contribution in [2.75, 3.05) is 6.54 Å². The Balaban J connectivity index is 1.83. The predicted octanol–water partition coefficient (Wildman–Crippen LogP) is 1.51. The largest absolute Gasteiger partial charge is 0.354 e. The van der Waals surface area contributed by atoms with Crippen LogP contribution in [0.3, 0.4) is 0 Å². The van der Waals surface area contributed by atoms with Crippen LogP contribution in [0.1, 0.15) is 24.1 Å². The minimum Gasteiger partial charge on any atom is -0.354 e. The molecule has 5 nitrogen and oxygen atoms in total. The van der Waals surface area contributed by atoms with Crippen LogP contribution >= 0.6 is 0 Å². The lowest BCUT2D eigenvalue weighted by molar-refractivity contribution is -0.124. The number of rotatable bonds is 5. The van der Waals surface area contributed by atoms with Crippen LogP contribution in [-0.2, 0) is 11.2 Å². The van der Waals surface area contributed by atoms with E-state index in [0.29, 0.717) is 6.54 Å². The second-order valence-electron chi connectivity index (χ2n) is 4.52. The zero-order valence-electron chi connectivity index (χ0n) is 11.2. The molecule has 0 saturated heterocycles. The summed E-state index contributed by atoms with van der Waals surface area (Å²) >= 11 is 0. The molecule has 1 atom stereocenters. The van der Waals surface area contributed by atoms with Gasteiger partial charge in [0.25, 0.3) is 0 Å². The van der Waals surface area contributed by atoms with E-state index in [4.69, 9.17) is 0 Å². The van der Waals surface area contributed by atoms with E-state index in [1.807, 2.05) is 12.1 Å². The van der Waals surface area contributed by atoms with E-state index >= 15 is 0 Å². The van der Waals surface area contributed by atoms with Gasteiger partial charge in [0.2, 0.25) is 5.91 Å². The van der Waals surface area contributed by atoms with Crippen molar-refractivity contribution >= 4 is 5.91 Å². The highest BCUT2D eigenvalue weighted by atomic mass is 16.2. The molecule has 0 bridgehead atoms. The normalized spacial score (nSPS) is 12.1. The van der Waals surface area contributed by atoms with Crippen molar-refractivity contribution in [3.05, 3.63) is 48.0 Å². The molecule has 0 fully saturated rings. The van der Waals surface area contributed by atoms with Crippen molar-refractivity contribution in [2.45, 2.75) is 26.3 Å². The number of amides is 1. The molecule has 5 heteroatoms. The summed E-state index contributed by atoms with van der Waals surface area (Å²) in [7, 11) is 0. The van der Waals surface area contributed by atoms with Crippen molar-refractivity contribution in [1.82, 2.24) is 20.1 Å². The Labute approximate surface area is 112 Å². The Morgan fingerprint density at radius 2 is 2.21 bits per heavy atom. The first kappa shape index (κ1) is 13.3. The van der Waals surface area contributed by atoms with Crippen molar-refractivity contribution in [1.29, 1.82) is 0 Å². The first-order valence-electron chi connectivity index (χ1n) is 6.35. The molecule has 2 aromatic rings. The topological polar surface area (TPSA) is 59.8 Å². The Morgan fingerprint density at radius 3 is 2.89 bits per heavy atom. The summed E-state index contributed by atoms with van der Waals surface area (Å²) in [5.74, 6) is -0.0425. The van der Waals surface area contributed by atoms with E-state index in [1.165, 1.54) is 17.5 Å². The number of nitrogens with one attached hydrogen (secondary N) is 1. The van der Waals surface area contributed by atoms with Crippen LogP contribution in [0.15, 0.2) is 36.9 Å².